The molecule has 1 aromatic carbocycles. The molecule has 2 N–H and O–H groups in total. The van der Waals surface area contributed by atoms with E-state index in [2.05, 4.69) is 51.9 Å². The number of hydrogen-bond donors (Lipinski definition) is 2. The van der Waals surface area contributed by atoms with Crippen LogP contribution in [-0.2, 0) is 10.0 Å². The van der Waals surface area contributed by atoms with Gasteiger partial charge in [0.25, 0.3) is 10.0 Å². The normalized spacial score (nSPS) is 11.2. The lowest BCUT2D eigenvalue weighted by Crippen LogP contribution is -2.14. The molecule has 0 aliphatic heterocycles. The first kappa shape index (κ1) is 16.2. The van der Waals surface area contributed by atoms with Crippen LogP contribution >= 0.6 is 31.9 Å². The van der Waals surface area contributed by atoms with E-state index in [1.165, 1.54) is 12.4 Å². The van der Waals surface area contributed by atoms with Gasteiger partial charge in [0.1, 0.15) is 4.90 Å². The standard InChI is InChI=1S/C12H12Br2N4O2S/c1-2-15-12-16-6-9(7-17-12)21(19,20)18-11-4-3-8(13)5-10(11)14/h3-7,18H,2H2,1H3,(H,15,16,17). The van der Waals surface area contributed by atoms with Crippen molar-refractivity contribution in [2.75, 3.05) is 16.6 Å². The number of sulfonamides is 1. The van der Waals surface area contributed by atoms with Crippen molar-refractivity contribution in [3.63, 3.8) is 0 Å². The van der Waals surface area contributed by atoms with E-state index in [0.717, 1.165) is 4.47 Å². The number of nitrogens with one attached hydrogen (secondary N) is 2. The molecule has 0 aliphatic carbocycles. The Morgan fingerprint density at radius 3 is 2.43 bits per heavy atom. The topological polar surface area (TPSA) is 84.0 Å². The van der Waals surface area contributed by atoms with Crippen molar-refractivity contribution < 1.29 is 8.42 Å². The molecule has 2 rings (SSSR count). The Balaban J connectivity index is 2.25. The molecule has 112 valence electrons. The van der Waals surface area contributed by atoms with E-state index in [1.807, 2.05) is 6.92 Å². The second kappa shape index (κ2) is 6.71. The summed E-state index contributed by atoms with van der Waals surface area (Å²) >= 11 is 6.62. The average molecular weight is 436 g/mol. The van der Waals surface area contributed by atoms with Gasteiger partial charge in [0.15, 0.2) is 0 Å². The van der Waals surface area contributed by atoms with Crippen molar-refractivity contribution in [1.82, 2.24) is 9.97 Å². The van der Waals surface area contributed by atoms with Crippen LogP contribution in [0.4, 0.5) is 11.6 Å². The van der Waals surface area contributed by atoms with Gasteiger partial charge in [-0.3, -0.25) is 4.72 Å². The van der Waals surface area contributed by atoms with Crippen molar-refractivity contribution in [2.45, 2.75) is 11.8 Å². The molecule has 0 spiro atoms. The molecule has 21 heavy (non-hydrogen) atoms. The predicted molar refractivity (Wildman–Crippen MR) is 88.8 cm³/mol. The van der Waals surface area contributed by atoms with E-state index in [-0.39, 0.29) is 4.90 Å². The third-order valence-corrected chi connectivity index (χ3v) is 4.92. The molecule has 9 heteroatoms. The summed E-state index contributed by atoms with van der Waals surface area (Å²) in [6.45, 7) is 2.57. The molecular weight excluding hydrogens is 424 g/mol. The van der Waals surface area contributed by atoms with Crippen LogP contribution in [0.3, 0.4) is 0 Å². The fourth-order valence-electron chi connectivity index (χ4n) is 1.48. The SMILES string of the molecule is CCNc1ncc(S(=O)(=O)Nc2ccc(Br)cc2Br)cn1. The van der Waals surface area contributed by atoms with Gasteiger partial charge in [0.05, 0.1) is 18.1 Å². The van der Waals surface area contributed by atoms with Gasteiger partial charge < -0.3 is 5.32 Å². The number of halogens is 2. The minimum atomic E-state index is -3.73. The van der Waals surface area contributed by atoms with Crippen molar-refractivity contribution in [1.29, 1.82) is 0 Å². The van der Waals surface area contributed by atoms with Crippen LogP contribution in [0.1, 0.15) is 6.92 Å². The highest BCUT2D eigenvalue weighted by molar-refractivity contribution is 9.11. The highest BCUT2D eigenvalue weighted by Gasteiger charge is 2.17. The number of rotatable bonds is 5. The second-order valence-corrected chi connectivity index (χ2v) is 7.45. The van der Waals surface area contributed by atoms with Crippen LogP contribution < -0.4 is 10.0 Å². The third-order valence-electron chi connectivity index (χ3n) is 2.45. The zero-order valence-electron chi connectivity index (χ0n) is 11.0. The summed E-state index contributed by atoms with van der Waals surface area (Å²) < 4.78 is 28.5. The molecule has 0 amide bonds. The molecule has 0 saturated carbocycles. The third kappa shape index (κ3) is 4.14. The van der Waals surface area contributed by atoms with E-state index in [0.29, 0.717) is 22.7 Å². The summed E-state index contributed by atoms with van der Waals surface area (Å²) in [6, 6.07) is 5.15. The van der Waals surface area contributed by atoms with Gasteiger partial charge in [0.2, 0.25) is 5.95 Å². The molecule has 0 radical (unpaired) electrons. The van der Waals surface area contributed by atoms with Crippen molar-refractivity contribution in [3.8, 4) is 0 Å². The summed E-state index contributed by atoms with van der Waals surface area (Å²) in [4.78, 5) is 7.90. The summed E-state index contributed by atoms with van der Waals surface area (Å²) in [5, 5.41) is 2.90. The van der Waals surface area contributed by atoms with Crippen molar-refractivity contribution in [3.05, 3.63) is 39.5 Å². The first-order valence-corrected chi connectivity index (χ1v) is 9.03. The molecule has 2 aromatic rings. The lowest BCUT2D eigenvalue weighted by molar-refractivity contribution is 0.600. The Morgan fingerprint density at radius 2 is 1.86 bits per heavy atom. The van der Waals surface area contributed by atoms with Gasteiger partial charge in [-0.25, -0.2) is 18.4 Å². The highest BCUT2D eigenvalue weighted by atomic mass is 79.9. The summed E-state index contributed by atoms with van der Waals surface area (Å²) in [5.41, 5.74) is 0.439. The lowest BCUT2D eigenvalue weighted by Gasteiger charge is -2.10. The van der Waals surface area contributed by atoms with Gasteiger partial charge in [-0.1, -0.05) is 15.9 Å². The maximum atomic E-state index is 12.3. The molecule has 1 heterocycles. The van der Waals surface area contributed by atoms with E-state index >= 15 is 0 Å². The molecule has 0 bridgehead atoms. The minimum Gasteiger partial charge on any atom is -0.355 e. The number of aromatic nitrogens is 2. The van der Waals surface area contributed by atoms with E-state index in [1.54, 1.807) is 18.2 Å². The Bertz CT molecular complexity index is 735. The fourth-order valence-corrected chi connectivity index (χ4v) is 3.73. The van der Waals surface area contributed by atoms with E-state index in [4.69, 9.17) is 0 Å². The quantitative estimate of drug-likeness (QED) is 0.753. The first-order chi connectivity index (χ1) is 9.92. The van der Waals surface area contributed by atoms with Gasteiger partial charge in [-0.05, 0) is 41.1 Å². The molecule has 0 atom stereocenters. The zero-order valence-corrected chi connectivity index (χ0v) is 15.0. The van der Waals surface area contributed by atoms with Crippen LogP contribution in [0.5, 0.6) is 0 Å². The predicted octanol–water partition coefficient (Wildman–Crippen LogP) is 3.23. The van der Waals surface area contributed by atoms with Crippen molar-refractivity contribution >= 4 is 53.5 Å². The summed E-state index contributed by atoms with van der Waals surface area (Å²) in [7, 11) is -3.73. The van der Waals surface area contributed by atoms with Crippen LogP contribution in [-0.4, -0.2) is 24.9 Å². The van der Waals surface area contributed by atoms with Crippen LogP contribution in [0.25, 0.3) is 0 Å². The monoisotopic (exact) mass is 434 g/mol. The molecule has 1 aromatic heterocycles. The smallest absolute Gasteiger partial charge is 0.265 e. The van der Waals surface area contributed by atoms with E-state index < -0.39 is 10.0 Å². The van der Waals surface area contributed by atoms with Crippen LogP contribution in [0.15, 0.2) is 44.4 Å². The van der Waals surface area contributed by atoms with Crippen LogP contribution in [0.2, 0.25) is 0 Å². The number of nitrogens with zero attached hydrogens (tertiary/aromatic N) is 2. The molecule has 0 unspecified atom stereocenters. The van der Waals surface area contributed by atoms with Gasteiger partial charge in [-0.2, -0.15) is 0 Å². The van der Waals surface area contributed by atoms with Gasteiger partial charge in [0, 0.05) is 15.5 Å². The number of benzene rings is 1. The lowest BCUT2D eigenvalue weighted by atomic mass is 10.3. The van der Waals surface area contributed by atoms with Crippen LogP contribution in [0, 0.1) is 0 Å². The van der Waals surface area contributed by atoms with E-state index in [9.17, 15) is 8.42 Å². The summed E-state index contributed by atoms with van der Waals surface area (Å²) in [6.07, 6.45) is 2.53. The molecule has 0 saturated heterocycles. The van der Waals surface area contributed by atoms with Gasteiger partial charge >= 0.3 is 0 Å². The number of anilines is 2. The second-order valence-electron chi connectivity index (χ2n) is 4.00. The van der Waals surface area contributed by atoms with Crippen molar-refractivity contribution in [2.24, 2.45) is 0 Å². The molecule has 6 nitrogen and oxygen atoms in total. The maximum absolute atomic E-state index is 12.3. The Morgan fingerprint density at radius 1 is 1.19 bits per heavy atom. The highest BCUT2D eigenvalue weighted by Crippen LogP contribution is 2.28. The first-order valence-electron chi connectivity index (χ1n) is 5.96. The minimum absolute atomic E-state index is 0.000952. The Labute approximate surface area is 139 Å². The fraction of sp³-hybridized carbons (Fsp3) is 0.167. The Kier molecular flexibility index (Phi) is 5.17. The zero-order chi connectivity index (χ0) is 15.5. The largest absolute Gasteiger partial charge is 0.355 e. The Hall–Kier alpha value is -1.19. The average Bonchev–Trinajstić information content (AvgIpc) is 2.43. The molecular formula is C12H12Br2N4O2S. The number of hydrogen-bond acceptors (Lipinski definition) is 5. The summed E-state index contributed by atoms with van der Waals surface area (Å²) in [5.74, 6) is 0.390. The molecule has 0 fully saturated rings. The molecule has 0 aliphatic rings. The van der Waals surface area contributed by atoms with Gasteiger partial charge in [-0.15, -0.1) is 0 Å². The maximum Gasteiger partial charge on any atom is 0.265 e.